The lowest BCUT2D eigenvalue weighted by Gasteiger charge is -2.32. The SMILES string of the molecule is CCn1c(CC(O)C(C)(CC)OC)nc2ccccc21. The van der Waals surface area contributed by atoms with Crippen LogP contribution in [0.4, 0.5) is 0 Å². The molecule has 0 aliphatic rings. The monoisotopic (exact) mass is 276 g/mol. The Morgan fingerprint density at radius 3 is 2.65 bits per heavy atom. The first-order valence-electron chi connectivity index (χ1n) is 7.23. The third-order valence-electron chi connectivity index (χ3n) is 4.30. The molecule has 20 heavy (non-hydrogen) atoms. The van der Waals surface area contributed by atoms with E-state index in [2.05, 4.69) is 22.5 Å². The summed E-state index contributed by atoms with van der Waals surface area (Å²) in [6, 6.07) is 8.08. The Morgan fingerprint density at radius 1 is 1.35 bits per heavy atom. The molecule has 2 aromatic rings. The average Bonchev–Trinajstić information content (AvgIpc) is 2.83. The molecule has 1 N–H and O–H groups in total. The highest BCUT2D eigenvalue weighted by Gasteiger charge is 2.32. The number of para-hydroxylation sites is 2. The van der Waals surface area contributed by atoms with Crippen molar-refractivity contribution in [1.29, 1.82) is 0 Å². The van der Waals surface area contributed by atoms with E-state index in [9.17, 15) is 5.11 Å². The summed E-state index contributed by atoms with van der Waals surface area (Å²) in [5.41, 5.74) is 1.57. The van der Waals surface area contributed by atoms with E-state index in [0.29, 0.717) is 6.42 Å². The number of aliphatic hydroxyl groups is 1. The molecule has 0 fully saturated rings. The quantitative estimate of drug-likeness (QED) is 0.882. The van der Waals surface area contributed by atoms with Gasteiger partial charge in [0.1, 0.15) is 5.82 Å². The Hall–Kier alpha value is -1.39. The molecule has 0 bridgehead atoms. The van der Waals surface area contributed by atoms with Gasteiger partial charge in [0, 0.05) is 20.1 Å². The average molecular weight is 276 g/mol. The minimum atomic E-state index is -0.570. The molecular weight excluding hydrogens is 252 g/mol. The van der Waals surface area contributed by atoms with Gasteiger partial charge in [-0.15, -0.1) is 0 Å². The second-order valence-electron chi connectivity index (χ2n) is 5.35. The van der Waals surface area contributed by atoms with E-state index in [-0.39, 0.29) is 0 Å². The van der Waals surface area contributed by atoms with Gasteiger partial charge < -0.3 is 14.4 Å². The Bertz CT molecular complexity index is 573. The molecule has 0 aliphatic carbocycles. The molecular formula is C16H24N2O2. The first kappa shape index (κ1) is 15.0. The highest BCUT2D eigenvalue weighted by atomic mass is 16.5. The zero-order chi connectivity index (χ0) is 14.8. The number of nitrogens with zero attached hydrogens (tertiary/aromatic N) is 2. The molecule has 1 aromatic carbocycles. The summed E-state index contributed by atoms with van der Waals surface area (Å²) in [5, 5.41) is 10.5. The van der Waals surface area contributed by atoms with Crippen LogP contribution in [-0.4, -0.2) is 33.5 Å². The van der Waals surface area contributed by atoms with Crippen LogP contribution < -0.4 is 0 Å². The van der Waals surface area contributed by atoms with Crippen molar-refractivity contribution in [2.45, 2.75) is 51.9 Å². The molecule has 1 heterocycles. The van der Waals surface area contributed by atoms with Crippen molar-refractivity contribution < 1.29 is 9.84 Å². The van der Waals surface area contributed by atoms with Crippen LogP contribution in [0.15, 0.2) is 24.3 Å². The van der Waals surface area contributed by atoms with Gasteiger partial charge >= 0.3 is 0 Å². The van der Waals surface area contributed by atoms with Crippen LogP contribution in [-0.2, 0) is 17.7 Å². The van der Waals surface area contributed by atoms with E-state index in [1.54, 1.807) is 7.11 Å². The van der Waals surface area contributed by atoms with Gasteiger partial charge in [0.15, 0.2) is 0 Å². The van der Waals surface area contributed by atoms with Gasteiger partial charge in [0.25, 0.3) is 0 Å². The van der Waals surface area contributed by atoms with Gasteiger partial charge in [-0.25, -0.2) is 4.98 Å². The lowest BCUT2D eigenvalue weighted by Crippen LogP contribution is -2.42. The number of methoxy groups -OCH3 is 1. The fourth-order valence-corrected chi connectivity index (χ4v) is 2.54. The first-order valence-corrected chi connectivity index (χ1v) is 7.23. The number of fused-ring (bicyclic) bond motifs is 1. The van der Waals surface area contributed by atoms with Crippen LogP contribution in [0.3, 0.4) is 0 Å². The smallest absolute Gasteiger partial charge is 0.112 e. The van der Waals surface area contributed by atoms with E-state index in [0.717, 1.165) is 29.8 Å². The maximum Gasteiger partial charge on any atom is 0.112 e. The van der Waals surface area contributed by atoms with Crippen LogP contribution in [0, 0.1) is 0 Å². The van der Waals surface area contributed by atoms with Crippen molar-refractivity contribution in [3.05, 3.63) is 30.1 Å². The number of aromatic nitrogens is 2. The van der Waals surface area contributed by atoms with Crippen LogP contribution in [0.5, 0.6) is 0 Å². The zero-order valence-corrected chi connectivity index (χ0v) is 12.8. The third-order valence-corrected chi connectivity index (χ3v) is 4.30. The number of imidazole rings is 1. The molecule has 0 aliphatic heterocycles. The number of aryl methyl sites for hydroxylation is 1. The Balaban J connectivity index is 2.34. The molecule has 4 heteroatoms. The number of ether oxygens (including phenoxy) is 1. The van der Waals surface area contributed by atoms with Crippen molar-refractivity contribution in [3.63, 3.8) is 0 Å². The minimum absolute atomic E-state index is 0.501. The summed E-state index contributed by atoms with van der Waals surface area (Å²) in [6.07, 6.45) is 0.692. The van der Waals surface area contributed by atoms with E-state index < -0.39 is 11.7 Å². The van der Waals surface area contributed by atoms with Crippen molar-refractivity contribution in [2.75, 3.05) is 7.11 Å². The van der Waals surface area contributed by atoms with Gasteiger partial charge in [-0.05, 0) is 32.4 Å². The normalized spacial score (nSPS) is 16.2. The van der Waals surface area contributed by atoms with Gasteiger partial charge in [-0.1, -0.05) is 19.1 Å². The lowest BCUT2D eigenvalue weighted by molar-refractivity contribution is -0.0922. The summed E-state index contributed by atoms with van der Waals surface area (Å²) < 4.78 is 7.64. The molecule has 2 rings (SSSR count). The predicted molar refractivity (Wildman–Crippen MR) is 80.8 cm³/mol. The Morgan fingerprint density at radius 2 is 2.05 bits per heavy atom. The predicted octanol–water partition coefficient (Wildman–Crippen LogP) is 2.77. The van der Waals surface area contributed by atoms with E-state index >= 15 is 0 Å². The topological polar surface area (TPSA) is 47.3 Å². The van der Waals surface area contributed by atoms with Crippen molar-refractivity contribution in [1.82, 2.24) is 9.55 Å². The summed E-state index contributed by atoms with van der Waals surface area (Å²) >= 11 is 0. The second-order valence-corrected chi connectivity index (χ2v) is 5.35. The largest absolute Gasteiger partial charge is 0.390 e. The highest BCUT2D eigenvalue weighted by Crippen LogP contribution is 2.24. The van der Waals surface area contributed by atoms with Crippen LogP contribution in [0.25, 0.3) is 11.0 Å². The van der Waals surface area contributed by atoms with Gasteiger partial charge in [0.05, 0.1) is 22.7 Å². The number of rotatable bonds is 6. The number of hydrogen-bond donors (Lipinski definition) is 1. The number of hydrogen-bond acceptors (Lipinski definition) is 3. The van der Waals surface area contributed by atoms with Crippen LogP contribution >= 0.6 is 0 Å². The van der Waals surface area contributed by atoms with Gasteiger partial charge in [0.2, 0.25) is 0 Å². The van der Waals surface area contributed by atoms with Crippen molar-refractivity contribution in [2.24, 2.45) is 0 Å². The van der Waals surface area contributed by atoms with Crippen LogP contribution in [0.2, 0.25) is 0 Å². The van der Waals surface area contributed by atoms with Crippen molar-refractivity contribution >= 4 is 11.0 Å². The molecule has 0 amide bonds. The van der Waals surface area contributed by atoms with E-state index in [4.69, 9.17) is 4.74 Å². The maximum absolute atomic E-state index is 10.5. The Kier molecular flexibility index (Phi) is 4.45. The summed E-state index contributed by atoms with van der Waals surface area (Å²) in [6.45, 7) is 6.91. The molecule has 4 nitrogen and oxygen atoms in total. The molecule has 0 spiro atoms. The Labute approximate surface area is 120 Å². The molecule has 2 unspecified atom stereocenters. The molecule has 1 aromatic heterocycles. The molecule has 0 radical (unpaired) electrons. The van der Waals surface area contributed by atoms with Crippen molar-refractivity contribution in [3.8, 4) is 0 Å². The third kappa shape index (κ3) is 2.58. The number of aliphatic hydroxyl groups excluding tert-OH is 1. The molecule has 0 saturated carbocycles. The van der Waals surface area contributed by atoms with E-state index in [1.807, 2.05) is 32.0 Å². The minimum Gasteiger partial charge on any atom is -0.390 e. The second kappa shape index (κ2) is 5.94. The molecule has 2 atom stereocenters. The number of benzene rings is 1. The molecule has 110 valence electrons. The van der Waals surface area contributed by atoms with Gasteiger partial charge in [-0.3, -0.25) is 0 Å². The fourth-order valence-electron chi connectivity index (χ4n) is 2.54. The summed E-state index contributed by atoms with van der Waals surface area (Å²) in [7, 11) is 1.65. The maximum atomic E-state index is 10.5. The fraction of sp³-hybridized carbons (Fsp3) is 0.562. The van der Waals surface area contributed by atoms with Gasteiger partial charge in [-0.2, -0.15) is 0 Å². The first-order chi connectivity index (χ1) is 9.55. The molecule has 0 saturated heterocycles. The van der Waals surface area contributed by atoms with E-state index in [1.165, 1.54) is 0 Å². The zero-order valence-electron chi connectivity index (χ0n) is 12.8. The summed E-state index contributed by atoms with van der Waals surface area (Å²) in [5.74, 6) is 0.915. The summed E-state index contributed by atoms with van der Waals surface area (Å²) in [4.78, 5) is 4.65. The standard InChI is InChI=1S/C16H24N2O2/c1-5-16(3,20-4)14(19)11-15-17-12-9-7-8-10-13(12)18(15)6-2/h7-10,14,19H,5-6,11H2,1-4H3. The highest BCUT2D eigenvalue weighted by molar-refractivity contribution is 5.75. The van der Waals surface area contributed by atoms with Crippen LogP contribution in [0.1, 0.15) is 33.0 Å². The lowest BCUT2D eigenvalue weighted by atomic mass is 9.93.